The van der Waals surface area contributed by atoms with E-state index in [1.807, 2.05) is 6.07 Å². The fourth-order valence-electron chi connectivity index (χ4n) is 1.61. The minimum absolute atomic E-state index is 0.214. The predicted molar refractivity (Wildman–Crippen MR) is 81.5 cm³/mol. The van der Waals surface area contributed by atoms with E-state index in [-0.39, 0.29) is 6.79 Å². The van der Waals surface area contributed by atoms with Crippen LogP contribution in [0.15, 0.2) is 18.2 Å². The van der Waals surface area contributed by atoms with Crippen molar-refractivity contribution in [2.45, 2.75) is 32.3 Å². The van der Waals surface area contributed by atoms with Gasteiger partial charge >= 0.3 is 0 Å². The summed E-state index contributed by atoms with van der Waals surface area (Å²) >= 11 is 0. The summed E-state index contributed by atoms with van der Waals surface area (Å²) in [7, 11) is 0.563. The van der Waals surface area contributed by atoms with Crippen molar-refractivity contribution in [3.8, 4) is 11.8 Å². The van der Waals surface area contributed by atoms with Crippen LogP contribution in [0.5, 0.6) is 5.75 Å². The van der Waals surface area contributed by atoms with Gasteiger partial charge in [-0.15, -0.1) is 0 Å². The lowest BCUT2D eigenvalue weighted by atomic mass is 10.1. The molecule has 4 nitrogen and oxygen atoms in total. The van der Waals surface area contributed by atoms with Crippen molar-refractivity contribution in [3.63, 3.8) is 0 Å². The first kappa shape index (κ1) is 16.7. The molecule has 0 unspecified atom stereocenters. The van der Waals surface area contributed by atoms with Gasteiger partial charge in [0.15, 0.2) is 6.79 Å². The molecule has 0 aliphatic carbocycles. The molecule has 1 rings (SSSR count). The zero-order chi connectivity index (χ0) is 15.0. The molecule has 0 saturated heterocycles. The Balaban J connectivity index is 2.47. The van der Waals surface area contributed by atoms with Crippen LogP contribution in [0.3, 0.4) is 0 Å². The normalized spacial score (nSPS) is 11.2. The Kier molecular flexibility index (Phi) is 6.72. The molecule has 20 heavy (non-hydrogen) atoms. The number of hydrogen-bond donors (Lipinski definition) is 0. The van der Waals surface area contributed by atoms with Crippen LogP contribution >= 0.6 is 0 Å². The van der Waals surface area contributed by atoms with Crippen molar-refractivity contribution < 1.29 is 14.2 Å². The molecule has 1 aromatic rings. The highest BCUT2D eigenvalue weighted by atomic mass is 28.3. The van der Waals surface area contributed by atoms with Gasteiger partial charge in [-0.05, 0) is 29.8 Å². The van der Waals surface area contributed by atoms with Crippen molar-refractivity contribution in [1.82, 2.24) is 0 Å². The molecule has 0 saturated carbocycles. The molecule has 0 aliphatic heterocycles. The lowest BCUT2D eigenvalue weighted by molar-refractivity contribution is 0.0219. The average molecular weight is 293 g/mol. The Morgan fingerprint density at radius 1 is 1.20 bits per heavy atom. The van der Waals surface area contributed by atoms with Crippen LogP contribution in [0.2, 0.25) is 25.7 Å². The highest BCUT2D eigenvalue weighted by Crippen LogP contribution is 2.18. The number of ether oxygens (including phenoxy) is 3. The number of methoxy groups -OCH3 is 1. The maximum absolute atomic E-state index is 8.98. The first-order valence-electron chi connectivity index (χ1n) is 6.68. The highest BCUT2D eigenvalue weighted by Gasteiger charge is 2.12. The first-order valence-corrected chi connectivity index (χ1v) is 10.4. The van der Waals surface area contributed by atoms with Crippen molar-refractivity contribution >= 4 is 8.07 Å². The van der Waals surface area contributed by atoms with Crippen LogP contribution in [0.25, 0.3) is 0 Å². The summed E-state index contributed by atoms with van der Waals surface area (Å²) in [5.74, 6) is 0.643. The zero-order valence-electron chi connectivity index (χ0n) is 12.7. The van der Waals surface area contributed by atoms with Gasteiger partial charge in [-0.3, -0.25) is 0 Å². The molecule has 110 valence electrons. The van der Waals surface area contributed by atoms with Crippen LogP contribution in [-0.2, 0) is 16.1 Å². The van der Waals surface area contributed by atoms with Crippen molar-refractivity contribution in [1.29, 1.82) is 5.26 Å². The minimum Gasteiger partial charge on any atom is -0.468 e. The van der Waals surface area contributed by atoms with E-state index in [0.29, 0.717) is 17.9 Å². The Hall–Kier alpha value is -1.35. The Morgan fingerprint density at radius 2 is 1.95 bits per heavy atom. The lowest BCUT2D eigenvalue weighted by Gasteiger charge is -2.15. The second kappa shape index (κ2) is 8.05. The molecule has 0 aromatic heterocycles. The largest absolute Gasteiger partial charge is 0.468 e. The molecule has 0 amide bonds. The quantitative estimate of drug-likeness (QED) is 0.419. The van der Waals surface area contributed by atoms with Crippen LogP contribution in [0.1, 0.15) is 11.1 Å². The van der Waals surface area contributed by atoms with Gasteiger partial charge in [-0.2, -0.15) is 5.26 Å². The molecule has 5 heteroatoms. The summed E-state index contributed by atoms with van der Waals surface area (Å²) in [6, 6.07) is 8.60. The van der Waals surface area contributed by atoms with Gasteiger partial charge < -0.3 is 14.2 Å². The Bertz CT molecular complexity index is 463. The van der Waals surface area contributed by atoms with E-state index in [0.717, 1.165) is 18.2 Å². The Morgan fingerprint density at radius 3 is 2.55 bits per heavy atom. The summed E-state index contributed by atoms with van der Waals surface area (Å²) in [6.45, 7) is 8.33. The topological polar surface area (TPSA) is 51.5 Å². The summed E-state index contributed by atoms with van der Waals surface area (Å²) in [5.41, 5.74) is 1.49. The van der Waals surface area contributed by atoms with E-state index in [1.165, 1.54) is 0 Å². The molecule has 0 fully saturated rings. The second-order valence-electron chi connectivity index (χ2n) is 5.89. The molecule has 0 N–H and O–H groups in total. The zero-order valence-corrected chi connectivity index (χ0v) is 13.7. The molecular weight excluding hydrogens is 270 g/mol. The molecule has 0 radical (unpaired) electrons. The number of nitriles is 1. The van der Waals surface area contributed by atoms with Crippen molar-refractivity contribution in [2.24, 2.45) is 0 Å². The monoisotopic (exact) mass is 293 g/mol. The number of hydrogen-bond acceptors (Lipinski definition) is 4. The standard InChI is InChI=1S/C15H23NO3Si/c1-17-11-14-7-13(10-16)8-15(9-14)19-12-18-5-6-20(2,3)4/h7-9H,5-6,11-12H2,1-4H3. The molecular formula is C15H23NO3Si. The minimum atomic E-state index is -1.06. The predicted octanol–water partition coefficient (Wildman–Crippen LogP) is 3.40. The fraction of sp³-hybridized carbons (Fsp3) is 0.533. The van der Waals surface area contributed by atoms with Crippen LogP contribution in [-0.4, -0.2) is 28.6 Å². The fourth-order valence-corrected chi connectivity index (χ4v) is 2.36. The van der Waals surface area contributed by atoms with Gasteiger partial charge in [0, 0.05) is 21.8 Å². The number of rotatable bonds is 8. The summed E-state index contributed by atoms with van der Waals surface area (Å²) in [6.07, 6.45) is 0. The third-order valence-corrected chi connectivity index (χ3v) is 4.42. The van der Waals surface area contributed by atoms with Gasteiger partial charge in [0.1, 0.15) is 5.75 Å². The first-order chi connectivity index (χ1) is 9.44. The van der Waals surface area contributed by atoms with E-state index in [4.69, 9.17) is 19.5 Å². The lowest BCUT2D eigenvalue weighted by Crippen LogP contribution is -2.22. The van der Waals surface area contributed by atoms with Crippen LogP contribution < -0.4 is 4.74 Å². The molecule has 0 bridgehead atoms. The van der Waals surface area contributed by atoms with E-state index in [1.54, 1.807) is 19.2 Å². The van der Waals surface area contributed by atoms with Crippen molar-refractivity contribution in [3.05, 3.63) is 29.3 Å². The third-order valence-electron chi connectivity index (χ3n) is 2.71. The third kappa shape index (κ3) is 6.71. The Labute approximate surface area is 122 Å². The molecule has 0 aliphatic rings. The van der Waals surface area contributed by atoms with E-state index >= 15 is 0 Å². The highest BCUT2D eigenvalue weighted by molar-refractivity contribution is 6.76. The molecule has 0 heterocycles. The number of benzene rings is 1. The molecule has 0 atom stereocenters. The van der Waals surface area contributed by atoms with E-state index < -0.39 is 8.07 Å². The van der Waals surface area contributed by atoms with Crippen molar-refractivity contribution in [2.75, 3.05) is 20.5 Å². The average Bonchev–Trinajstić information content (AvgIpc) is 2.37. The summed E-state index contributed by atoms with van der Waals surface area (Å²) in [4.78, 5) is 0. The summed E-state index contributed by atoms with van der Waals surface area (Å²) < 4.78 is 16.1. The molecule has 0 spiro atoms. The maximum atomic E-state index is 8.98. The smallest absolute Gasteiger partial charge is 0.189 e. The van der Waals surface area contributed by atoms with Crippen LogP contribution in [0.4, 0.5) is 0 Å². The maximum Gasteiger partial charge on any atom is 0.189 e. The second-order valence-corrected chi connectivity index (χ2v) is 11.5. The van der Waals surface area contributed by atoms with Gasteiger partial charge in [0.25, 0.3) is 0 Å². The SMILES string of the molecule is COCc1cc(C#N)cc(OCOCC[Si](C)(C)C)c1. The van der Waals surface area contributed by atoms with Crippen LogP contribution in [0, 0.1) is 11.3 Å². The van der Waals surface area contributed by atoms with Gasteiger partial charge in [0.2, 0.25) is 0 Å². The summed E-state index contributed by atoms with van der Waals surface area (Å²) in [5, 5.41) is 8.98. The molecule has 1 aromatic carbocycles. The van der Waals surface area contributed by atoms with Gasteiger partial charge in [-0.1, -0.05) is 19.6 Å². The van der Waals surface area contributed by atoms with E-state index in [9.17, 15) is 0 Å². The van der Waals surface area contributed by atoms with Gasteiger partial charge in [-0.25, -0.2) is 0 Å². The number of nitrogens with zero attached hydrogens (tertiary/aromatic N) is 1. The van der Waals surface area contributed by atoms with Gasteiger partial charge in [0.05, 0.1) is 18.2 Å². The van der Waals surface area contributed by atoms with E-state index in [2.05, 4.69) is 25.7 Å².